The van der Waals surface area contributed by atoms with Gasteiger partial charge in [0.1, 0.15) is 0 Å². The van der Waals surface area contributed by atoms with Crippen LogP contribution in [0.1, 0.15) is 0 Å². The molecule has 0 rings (SSSR count). The second-order valence-electron chi connectivity index (χ2n) is 1.96. The number of hydrogen-bond donors (Lipinski definition) is 8. The van der Waals surface area contributed by atoms with Gasteiger partial charge in [-0.1, -0.05) is 0 Å². The molecule has 0 unspecified atom stereocenters. The van der Waals surface area contributed by atoms with Crippen molar-refractivity contribution in [3.63, 3.8) is 0 Å². The summed E-state index contributed by atoms with van der Waals surface area (Å²) >= 11 is 0. The third-order valence-corrected chi connectivity index (χ3v) is 0. The summed E-state index contributed by atoms with van der Waals surface area (Å²) in [6, 6.07) is 0. The van der Waals surface area contributed by atoms with E-state index in [9.17, 15) is 0 Å². The molecule has 0 radical (unpaired) electrons. The standard InChI is InChI=1S/Ca.4H3O4P.Zn/c;4*1-5(2,3)4;/h;4*(H3,1,2,3,4);/q+2;;;;;+2/p-4. The predicted octanol–water partition coefficient (Wildman–Crippen LogP) is -6.63. The number of hydrogen-bond acceptors (Lipinski definition) is 8. The fourth-order valence-electron chi connectivity index (χ4n) is 0. The van der Waals surface area contributed by atoms with Crippen LogP contribution in [0.2, 0.25) is 0 Å². The van der Waals surface area contributed by atoms with Crippen LogP contribution < -0.4 is 19.6 Å². The molecule has 0 amide bonds. The van der Waals surface area contributed by atoms with Gasteiger partial charge in [0.2, 0.25) is 0 Å². The van der Waals surface area contributed by atoms with E-state index in [4.69, 9.17) is 77.0 Å². The van der Waals surface area contributed by atoms with Gasteiger partial charge in [-0.25, -0.2) is 0 Å². The van der Waals surface area contributed by atoms with Crippen LogP contribution in [0.5, 0.6) is 0 Å². The van der Waals surface area contributed by atoms with E-state index < -0.39 is 31.3 Å². The summed E-state index contributed by atoms with van der Waals surface area (Å²) in [5.74, 6) is 0. The van der Waals surface area contributed by atoms with E-state index in [1.165, 1.54) is 0 Å². The van der Waals surface area contributed by atoms with Crippen molar-refractivity contribution in [1.29, 1.82) is 0 Å². The molecule has 0 saturated carbocycles. The molecule has 128 valence electrons. The fraction of sp³-hybridized carbons (Fsp3) is 0. The summed E-state index contributed by atoms with van der Waals surface area (Å²) < 4.78 is 35.1. The van der Waals surface area contributed by atoms with Gasteiger partial charge < -0.3 is 58.7 Å². The van der Waals surface area contributed by atoms with E-state index >= 15 is 0 Å². The molecule has 0 atom stereocenters. The first-order valence-electron chi connectivity index (χ1n) is 3.06. The quantitative estimate of drug-likeness (QED) is 0.115. The Bertz CT molecular complexity index is 291. The molecular weight excluding hydrogens is 485 g/mol. The molecule has 8 N–H and O–H groups in total. The Morgan fingerprint density at radius 1 is 0.455 bits per heavy atom. The molecule has 16 nitrogen and oxygen atoms in total. The molecule has 0 aromatic heterocycles. The van der Waals surface area contributed by atoms with Crippen molar-refractivity contribution in [2.45, 2.75) is 0 Å². The summed E-state index contributed by atoms with van der Waals surface area (Å²) in [5, 5.41) is 0. The minimum absolute atomic E-state index is 0. The summed E-state index contributed by atoms with van der Waals surface area (Å²) in [4.78, 5) is 91.7. The Morgan fingerprint density at radius 3 is 0.455 bits per heavy atom. The van der Waals surface area contributed by atoms with E-state index in [2.05, 4.69) is 0 Å². The van der Waals surface area contributed by atoms with Crippen LogP contribution in [0, 0.1) is 0 Å². The van der Waals surface area contributed by atoms with Gasteiger partial charge in [-0.2, -0.15) is 0 Å². The minimum atomic E-state index is -4.89. The second-order valence-corrected chi connectivity index (χ2v) is 5.89. The van der Waals surface area contributed by atoms with Crippen LogP contribution in [0.3, 0.4) is 0 Å². The van der Waals surface area contributed by atoms with Gasteiger partial charge in [0, 0.05) is 0 Å². The van der Waals surface area contributed by atoms with E-state index in [0.717, 1.165) is 0 Å². The van der Waals surface area contributed by atoms with Crippen molar-refractivity contribution >= 4 is 69.0 Å². The normalized spacial score (nSPS) is 10.7. The second kappa shape index (κ2) is 16.8. The number of phosphoric acid groups is 4. The molecule has 0 heterocycles. The predicted molar refractivity (Wildman–Crippen MR) is 53.9 cm³/mol. The smallest absolute Gasteiger partial charge is 0.756 e. The first-order chi connectivity index (χ1) is 8.00. The van der Waals surface area contributed by atoms with E-state index in [0.29, 0.717) is 0 Å². The van der Waals surface area contributed by atoms with Gasteiger partial charge in [0.05, 0.1) is 0 Å². The molecule has 0 aliphatic heterocycles. The maximum absolute atomic E-state index is 8.77. The fourth-order valence-corrected chi connectivity index (χ4v) is 0. The van der Waals surface area contributed by atoms with Crippen LogP contribution >= 0.6 is 31.3 Å². The molecule has 0 aliphatic rings. The van der Waals surface area contributed by atoms with Crippen LogP contribution in [-0.4, -0.2) is 76.9 Å². The Labute approximate surface area is 164 Å². The van der Waals surface area contributed by atoms with Gasteiger partial charge in [-0.15, -0.1) is 0 Å². The summed E-state index contributed by atoms with van der Waals surface area (Å²) in [6.45, 7) is 0. The zero-order valence-electron chi connectivity index (χ0n) is 10.0. The monoisotopic (exact) mass is 492 g/mol. The molecule has 0 aliphatic carbocycles. The third kappa shape index (κ3) is 1880. The topological polar surface area (TPSA) is 322 Å². The Kier molecular flexibility index (Phi) is 30.0. The van der Waals surface area contributed by atoms with Gasteiger partial charge >= 0.3 is 57.2 Å². The van der Waals surface area contributed by atoms with E-state index in [1.807, 2.05) is 0 Å². The zero-order valence-corrected chi connectivity index (χ0v) is 18.8. The molecule has 22 heavy (non-hydrogen) atoms. The average Bonchev–Trinajstić information content (AvgIpc) is 1.62. The van der Waals surface area contributed by atoms with Crippen molar-refractivity contribution in [1.82, 2.24) is 0 Å². The van der Waals surface area contributed by atoms with Crippen molar-refractivity contribution in [3.05, 3.63) is 0 Å². The molecule has 0 saturated heterocycles. The van der Waals surface area contributed by atoms with Crippen LogP contribution in [0.4, 0.5) is 0 Å². The van der Waals surface area contributed by atoms with Crippen molar-refractivity contribution in [3.8, 4) is 0 Å². The van der Waals surface area contributed by atoms with Gasteiger partial charge in [0.15, 0.2) is 0 Å². The number of rotatable bonds is 0. The Morgan fingerprint density at radius 2 is 0.455 bits per heavy atom. The SMILES string of the molecule is O=P([O-])(O)O.O=P([O-])(O)O.O=P([O-])(O)O.O=P([O-])(O)O.[Ca+2].[Zn+2]. The van der Waals surface area contributed by atoms with Crippen LogP contribution in [0.15, 0.2) is 0 Å². The summed E-state index contributed by atoms with van der Waals surface area (Å²) in [5.41, 5.74) is 0. The van der Waals surface area contributed by atoms with Gasteiger partial charge in [-0.05, 0) is 0 Å². The van der Waals surface area contributed by atoms with Crippen molar-refractivity contribution < 1.29 is 96.5 Å². The van der Waals surface area contributed by atoms with E-state index in [1.54, 1.807) is 0 Å². The average molecular weight is 493 g/mol. The van der Waals surface area contributed by atoms with Crippen LogP contribution in [-0.2, 0) is 37.7 Å². The largest absolute Gasteiger partial charge is 2.00 e. The molecule has 0 aromatic carbocycles. The molecule has 0 spiro atoms. The third-order valence-electron chi connectivity index (χ3n) is 0. The Hall–Kier alpha value is 2.32. The van der Waals surface area contributed by atoms with Crippen LogP contribution in [0.25, 0.3) is 0 Å². The summed E-state index contributed by atoms with van der Waals surface area (Å²) in [7, 11) is -19.6. The molecule has 0 aromatic rings. The minimum Gasteiger partial charge on any atom is -0.756 e. The molecular formula is H8CaO16P4Zn. The molecule has 0 fully saturated rings. The van der Waals surface area contributed by atoms with Crippen molar-refractivity contribution in [2.75, 3.05) is 0 Å². The van der Waals surface area contributed by atoms with E-state index in [-0.39, 0.29) is 57.2 Å². The Balaban J connectivity index is -0.0000000376. The maximum atomic E-state index is 8.77. The van der Waals surface area contributed by atoms with Gasteiger partial charge in [0.25, 0.3) is 31.3 Å². The van der Waals surface area contributed by atoms with Crippen molar-refractivity contribution in [2.24, 2.45) is 0 Å². The van der Waals surface area contributed by atoms with Gasteiger partial charge in [-0.3, -0.25) is 18.3 Å². The first kappa shape index (κ1) is 39.4. The molecule has 22 heteroatoms. The zero-order chi connectivity index (χ0) is 18.0. The first-order valence-corrected chi connectivity index (χ1v) is 9.18. The molecule has 0 bridgehead atoms. The maximum Gasteiger partial charge on any atom is 2.00 e. The summed E-state index contributed by atoms with van der Waals surface area (Å²) in [6.07, 6.45) is 0.